The van der Waals surface area contributed by atoms with E-state index in [4.69, 9.17) is 15.4 Å². The van der Waals surface area contributed by atoms with Gasteiger partial charge in [-0.05, 0) is 35.9 Å². The van der Waals surface area contributed by atoms with Crippen molar-refractivity contribution >= 4 is 16.8 Å². The Labute approximate surface area is 114 Å². The van der Waals surface area contributed by atoms with E-state index in [-0.39, 0.29) is 0 Å². The lowest BCUT2D eigenvalue weighted by Gasteiger charge is -2.03. The van der Waals surface area contributed by atoms with Gasteiger partial charge >= 0.3 is 5.76 Å². The van der Waals surface area contributed by atoms with Gasteiger partial charge in [0.15, 0.2) is 5.58 Å². The number of fused-ring (bicyclic) bond motifs is 1. The molecule has 0 bridgehead atoms. The third-order valence-electron chi connectivity index (χ3n) is 3.12. The number of nitrogens with two attached hydrogens (primary N) is 1. The van der Waals surface area contributed by atoms with Gasteiger partial charge in [-0.2, -0.15) is 5.26 Å². The van der Waals surface area contributed by atoms with Crippen molar-refractivity contribution in [2.75, 3.05) is 5.73 Å². The van der Waals surface area contributed by atoms with Crippen LogP contribution < -0.4 is 11.5 Å². The van der Waals surface area contributed by atoms with Gasteiger partial charge in [-0.3, -0.25) is 4.57 Å². The molecular weight excluding hydrogens is 254 g/mol. The number of aromatic nitrogens is 1. The summed E-state index contributed by atoms with van der Waals surface area (Å²) in [4.78, 5) is 11.9. The van der Waals surface area contributed by atoms with E-state index >= 15 is 0 Å². The first-order valence-electron chi connectivity index (χ1n) is 6.05. The molecule has 0 fully saturated rings. The summed E-state index contributed by atoms with van der Waals surface area (Å²) in [5.41, 5.74) is 8.99. The second-order valence-corrected chi connectivity index (χ2v) is 4.49. The molecule has 0 aliphatic rings. The minimum atomic E-state index is -0.421. The smallest absolute Gasteiger partial charge is 0.408 e. The molecule has 0 atom stereocenters. The van der Waals surface area contributed by atoms with E-state index in [1.807, 2.05) is 12.1 Å². The maximum Gasteiger partial charge on any atom is 0.420 e. The summed E-state index contributed by atoms with van der Waals surface area (Å²) in [6.45, 7) is 0.376. The molecule has 2 aromatic carbocycles. The van der Waals surface area contributed by atoms with Crippen LogP contribution in [-0.4, -0.2) is 4.57 Å². The van der Waals surface area contributed by atoms with Gasteiger partial charge in [0.25, 0.3) is 0 Å². The van der Waals surface area contributed by atoms with Crippen LogP contribution in [0.1, 0.15) is 11.1 Å². The zero-order valence-corrected chi connectivity index (χ0v) is 10.5. The Morgan fingerprint density at radius 3 is 2.65 bits per heavy atom. The van der Waals surface area contributed by atoms with E-state index in [2.05, 4.69) is 6.07 Å². The van der Waals surface area contributed by atoms with E-state index < -0.39 is 5.76 Å². The predicted molar refractivity (Wildman–Crippen MR) is 75.1 cm³/mol. The molecule has 3 aromatic rings. The van der Waals surface area contributed by atoms with Crippen LogP contribution in [0.5, 0.6) is 0 Å². The summed E-state index contributed by atoms with van der Waals surface area (Å²) in [5.74, 6) is -0.421. The lowest BCUT2D eigenvalue weighted by Crippen LogP contribution is -2.14. The number of nitriles is 1. The van der Waals surface area contributed by atoms with Crippen molar-refractivity contribution in [3.8, 4) is 6.07 Å². The van der Waals surface area contributed by atoms with Crippen molar-refractivity contribution in [2.45, 2.75) is 6.54 Å². The van der Waals surface area contributed by atoms with Gasteiger partial charge in [0.05, 0.1) is 23.7 Å². The van der Waals surface area contributed by atoms with Gasteiger partial charge in [0, 0.05) is 5.69 Å². The first-order valence-corrected chi connectivity index (χ1v) is 6.05. The largest absolute Gasteiger partial charge is 0.420 e. The van der Waals surface area contributed by atoms with Gasteiger partial charge in [-0.25, -0.2) is 4.79 Å². The van der Waals surface area contributed by atoms with Crippen molar-refractivity contribution in [3.63, 3.8) is 0 Å². The minimum absolute atomic E-state index is 0.376. The van der Waals surface area contributed by atoms with Gasteiger partial charge in [-0.15, -0.1) is 0 Å². The normalized spacial score (nSPS) is 10.6. The molecule has 0 saturated carbocycles. The van der Waals surface area contributed by atoms with Crippen LogP contribution in [0.3, 0.4) is 0 Å². The number of hydrogen-bond acceptors (Lipinski definition) is 4. The first-order chi connectivity index (χ1) is 9.67. The molecule has 0 aliphatic carbocycles. The van der Waals surface area contributed by atoms with Crippen LogP contribution in [0.2, 0.25) is 0 Å². The Bertz CT molecular complexity index is 867. The Balaban J connectivity index is 2.05. The molecule has 20 heavy (non-hydrogen) atoms. The fourth-order valence-electron chi connectivity index (χ4n) is 2.10. The Morgan fingerprint density at radius 1 is 1.20 bits per heavy atom. The lowest BCUT2D eigenvalue weighted by atomic mass is 10.1. The average Bonchev–Trinajstić information content (AvgIpc) is 2.76. The standard InChI is InChI=1S/C15H11N3O2/c16-8-10-1-3-11(4-2-10)9-18-13-7-12(17)5-6-14(13)20-15(18)19/h1-7H,9,17H2. The van der Waals surface area contributed by atoms with Crippen LogP contribution in [0.25, 0.3) is 11.1 Å². The number of benzene rings is 2. The minimum Gasteiger partial charge on any atom is -0.408 e. The second-order valence-electron chi connectivity index (χ2n) is 4.49. The zero-order valence-electron chi connectivity index (χ0n) is 10.5. The van der Waals surface area contributed by atoms with E-state index in [9.17, 15) is 4.79 Å². The molecule has 1 aromatic heterocycles. The first kappa shape index (κ1) is 12.1. The summed E-state index contributed by atoms with van der Waals surface area (Å²) in [7, 11) is 0. The van der Waals surface area contributed by atoms with Crippen LogP contribution in [0, 0.1) is 11.3 Å². The van der Waals surface area contributed by atoms with E-state index in [1.54, 1.807) is 30.3 Å². The van der Waals surface area contributed by atoms with Crippen molar-refractivity contribution in [3.05, 3.63) is 64.1 Å². The third-order valence-corrected chi connectivity index (χ3v) is 3.12. The monoisotopic (exact) mass is 265 g/mol. The van der Waals surface area contributed by atoms with Gasteiger partial charge in [0.1, 0.15) is 0 Å². The molecule has 0 amide bonds. The summed E-state index contributed by atoms with van der Waals surface area (Å²) in [5, 5.41) is 8.77. The van der Waals surface area contributed by atoms with Crippen molar-refractivity contribution in [1.29, 1.82) is 5.26 Å². The molecule has 2 N–H and O–H groups in total. The highest BCUT2D eigenvalue weighted by atomic mass is 16.4. The molecular formula is C15H11N3O2. The lowest BCUT2D eigenvalue weighted by molar-refractivity contribution is 0.517. The zero-order chi connectivity index (χ0) is 14.1. The molecule has 0 spiro atoms. The highest BCUT2D eigenvalue weighted by Gasteiger charge is 2.09. The SMILES string of the molecule is N#Cc1ccc(Cn2c(=O)oc3ccc(N)cc32)cc1. The van der Waals surface area contributed by atoms with E-state index in [0.717, 1.165) is 5.56 Å². The van der Waals surface area contributed by atoms with E-state index in [1.165, 1.54) is 4.57 Å². The number of anilines is 1. The highest BCUT2D eigenvalue weighted by Crippen LogP contribution is 2.17. The average molecular weight is 265 g/mol. The number of hydrogen-bond donors (Lipinski definition) is 1. The Hall–Kier alpha value is -3.00. The molecule has 1 heterocycles. The van der Waals surface area contributed by atoms with Crippen molar-refractivity contribution in [2.24, 2.45) is 0 Å². The number of nitrogens with zero attached hydrogens (tertiary/aromatic N) is 2. The predicted octanol–water partition coefficient (Wildman–Crippen LogP) is 2.10. The molecule has 0 saturated heterocycles. The molecule has 3 rings (SSSR count). The van der Waals surface area contributed by atoms with Crippen molar-refractivity contribution in [1.82, 2.24) is 4.57 Å². The number of oxazole rings is 1. The highest BCUT2D eigenvalue weighted by molar-refractivity contribution is 5.77. The maximum atomic E-state index is 11.9. The van der Waals surface area contributed by atoms with Gasteiger partial charge in [-0.1, -0.05) is 12.1 Å². The summed E-state index contributed by atoms with van der Waals surface area (Å²) < 4.78 is 6.69. The molecule has 0 aliphatic heterocycles. The van der Waals surface area contributed by atoms with Crippen LogP contribution >= 0.6 is 0 Å². The second kappa shape index (κ2) is 4.59. The van der Waals surface area contributed by atoms with Gasteiger partial charge in [0.2, 0.25) is 0 Å². The fourth-order valence-corrected chi connectivity index (χ4v) is 2.10. The number of rotatable bonds is 2. The summed E-state index contributed by atoms with van der Waals surface area (Å²) >= 11 is 0. The molecule has 0 unspecified atom stereocenters. The topological polar surface area (TPSA) is 85.0 Å². The molecule has 5 nitrogen and oxygen atoms in total. The third kappa shape index (κ3) is 2.04. The van der Waals surface area contributed by atoms with E-state index in [0.29, 0.717) is 28.9 Å². The van der Waals surface area contributed by atoms with Gasteiger partial charge < -0.3 is 10.2 Å². The molecule has 0 radical (unpaired) electrons. The summed E-state index contributed by atoms with van der Waals surface area (Å²) in [6, 6.07) is 14.2. The summed E-state index contributed by atoms with van der Waals surface area (Å²) in [6.07, 6.45) is 0. The molecule has 5 heteroatoms. The molecule has 98 valence electrons. The maximum absolute atomic E-state index is 11.9. The quantitative estimate of drug-likeness (QED) is 0.719. The Kier molecular flexibility index (Phi) is 2.77. The van der Waals surface area contributed by atoms with Crippen molar-refractivity contribution < 1.29 is 4.42 Å². The van der Waals surface area contributed by atoms with Crippen LogP contribution in [0.4, 0.5) is 5.69 Å². The fraction of sp³-hybridized carbons (Fsp3) is 0.0667. The van der Waals surface area contributed by atoms with Crippen LogP contribution in [0.15, 0.2) is 51.7 Å². The number of nitrogen functional groups attached to an aromatic ring is 1. The van der Waals surface area contributed by atoms with Crippen LogP contribution in [-0.2, 0) is 6.54 Å². The Morgan fingerprint density at radius 2 is 1.95 bits per heavy atom.